The van der Waals surface area contributed by atoms with Crippen molar-refractivity contribution in [3.05, 3.63) is 42.0 Å². The maximum Gasteiger partial charge on any atom is 0.232 e. The molecular formula is C14H15N5O. The van der Waals surface area contributed by atoms with E-state index in [0.717, 1.165) is 30.2 Å². The summed E-state index contributed by atoms with van der Waals surface area (Å²) in [6.07, 6.45) is 1.73. The molecule has 2 aromatic rings. The molecule has 0 aliphatic carbocycles. The van der Waals surface area contributed by atoms with Crippen molar-refractivity contribution in [2.75, 3.05) is 18.4 Å². The molecule has 1 aromatic carbocycles. The van der Waals surface area contributed by atoms with Crippen LogP contribution in [0.25, 0.3) is 0 Å². The summed E-state index contributed by atoms with van der Waals surface area (Å²) in [6, 6.07) is 8.03. The molecule has 0 radical (unpaired) electrons. The summed E-state index contributed by atoms with van der Waals surface area (Å²) in [6.45, 7) is 2.73. The monoisotopic (exact) mass is 269 g/mol. The number of rotatable bonds is 1. The average Bonchev–Trinajstić information content (AvgIpc) is 3.12. The summed E-state index contributed by atoms with van der Waals surface area (Å²) in [5.74, 6) is 0.959. The molecular weight excluding hydrogens is 254 g/mol. The summed E-state index contributed by atoms with van der Waals surface area (Å²) >= 11 is 0. The fraction of sp³-hybridized carbons (Fsp3) is 0.357. The second-order valence-electron chi connectivity index (χ2n) is 5.22. The number of para-hydroxylation sites is 1. The fourth-order valence-electron chi connectivity index (χ4n) is 2.98. The number of fused-ring (bicyclic) bond motifs is 2. The van der Waals surface area contributed by atoms with Crippen LogP contribution in [-0.2, 0) is 17.9 Å². The van der Waals surface area contributed by atoms with Crippen molar-refractivity contribution in [3.8, 4) is 0 Å². The zero-order valence-corrected chi connectivity index (χ0v) is 11.0. The molecule has 1 N–H and O–H groups in total. The molecule has 0 bridgehead atoms. The van der Waals surface area contributed by atoms with Crippen molar-refractivity contribution in [1.82, 2.24) is 19.7 Å². The van der Waals surface area contributed by atoms with Gasteiger partial charge in [0.1, 0.15) is 6.33 Å². The highest BCUT2D eigenvalue weighted by Crippen LogP contribution is 2.32. The predicted molar refractivity (Wildman–Crippen MR) is 73.1 cm³/mol. The van der Waals surface area contributed by atoms with E-state index < -0.39 is 0 Å². The van der Waals surface area contributed by atoms with Crippen LogP contribution in [0.3, 0.4) is 0 Å². The number of nitrogens with one attached hydrogen (secondary N) is 1. The van der Waals surface area contributed by atoms with Crippen molar-refractivity contribution in [3.63, 3.8) is 0 Å². The van der Waals surface area contributed by atoms with E-state index in [0.29, 0.717) is 13.1 Å². The molecule has 1 amide bonds. The fourth-order valence-corrected chi connectivity index (χ4v) is 2.98. The molecule has 4 rings (SSSR count). The van der Waals surface area contributed by atoms with Crippen molar-refractivity contribution in [1.29, 1.82) is 0 Å². The average molecular weight is 269 g/mol. The first-order chi connectivity index (χ1) is 9.83. The first-order valence-electron chi connectivity index (χ1n) is 6.81. The number of carbonyl (C=O) groups is 1. The number of hydrogen-bond acceptors (Lipinski definition) is 4. The Morgan fingerprint density at radius 3 is 3.15 bits per heavy atom. The van der Waals surface area contributed by atoms with E-state index in [9.17, 15) is 4.79 Å². The number of nitrogens with zero attached hydrogens (tertiary/aromatic N) is 4. The summed E-state index contributed by atoms with van der Waals surface area (Å²) in [5.41, 5.74) is 2.18. The molecule has 1 atom stereocenters. The minimum absolute atomic E-state index is 0.0827. The van der Waals surface area contributed by atoms with Gasteiger partial charge in [-0.25, -0.2) is 0 Å². The minimum Gasteiger partial charge on any atom is -0.384 e. The molecule has 20 heavy (non-hydrogen) atoms. The number of hydrogen-bond donors (Lipinski definition) is 1. The second kappa shape index (κ2) is 4.33. The highest BCUT2D eigenvalue weighted by molar-refractivity contribution is 5.88. The lowest BCUT2D eigenvalue weighted by Gasteiger charge is -2.29. The Morgan fingerprint density at radius 1 is 1.30 bits per heavy atom. The van der Waals surface area contributed by atoms with Crippen LogP contribution in [0.4, 0.5) is 5.69 Å². The van der Waals surface area contributed by atoms with Crippen LogP contribution < -0.4 is 5.32 Å². The summed E-state index contributed by atoms with van der Waals surface area (Å²) in [4.78, 5) is 14.6. The lowest BCUT2D eigenvalue weighted by Crippen LogP contribution is -2.41. The lowest BCUT2D eigenvalue weighted by atomic mass is 9.99. The summed E-state index contributed by atoms with van der Waals surface area (Å²) < 4.78 is 2.00. The van der Waals surface area contributed by atoms with Gasteiger partial charge in [-0.3, -0.25) is 4.79 Å². The first-order valence-corrected chi connectivity index (χ1v) is 6.81. The van der Waals surface area contributed by atoms with Crippen LogP contribution in [-0.4, -0.2) is 38.7 Å². The van der Waals surface area contributed by atoms with Gasteiger partial charge in [0.2, 0.25) is 5.91 Å². The SMILES string of the molecule is O=C(C1CNc2ccccc21)N1CCn2cnnc2C1. The Labute approximate surface area is 116 Å². The smallest absolute Gasteiger partial charge is 0.232 e. The third kappa shape index (κ3) is 1.68. The van der Waals surface area contributed by atoms with Crippen molar-refractivity contribution < 1.29 is 4.79 Å². The molecule has 1 unspecified atom stereocenters. The Morgan fingerprint density at radius 2 is 2.20 bits per heavy atom. The quantitative estimate of drug-likeness (QED) is 0.833. The number of benzene rings is 1. The number of amides is 1. The maximum absolute atomic E-state index is 12.7. The van der Waals surface area contributed by atoms with Gasteiger partial charge in [0.25, 0.3) is 0 Å². The lowest BCUT2D eigenvalue weighted by molar-refractivity contribution is -0.133. The normalized spacial score (nSPS) is 20.2. The largest absolute Gasteiger partial charge is 0.384 e. The van der Waals surface area contributed by atoms with Gasteiger partial charge in [0.05, 0.1) is 12.5 Å². The van der Waals surface area contributed by atoms with Gasteiger partial charge < -0.3 is 14.8 Å². The van der Waals surface area contributed by atoms with E-state index in [1.165, 1.54) is 0 Å². The molecule has 0 fully saturated rings. The van der Waals surface area contributed by atoms with Gasteiger partial charge in [-0.05, 0) is 11.6 Å². The highest BCUT2D eigenvalue weighted by Gasteiger charge is 2.33. The topological polar surface area (TPSA) is 63.1 Å². The van der Waals surface area contributed by atoms with Gasteiger partial charge in [0, 0.05) is 25.3 Å². The number of aromatic nitrogens is 3. The third-order valence-corrected chi connectivity index (χ3v) is 4.08. The molecule has 102 valence electrons. The van der Waals surface area contributed by atoms with Gasteiger partial charge >= 0.3 is 0 Å². The van der Waals surface area contributed by atoms with Gasteiger partial charge in [-0.1, -0.05) is 18.2 Å². The van der Waals surface area contributed by atoms with Crippen LogP contribution >= 0.6 is 0 Å². The van der Waals surface area contributed by atoms with Crippen LogP contribution in [0, 0.1) is 0 Å². The molecule has 0 spiro atoms. The van der Waals surface area contributed by atoms with Gasteiger partial charge in [-0.15, -0.1) is 10.2 Å². The van der Waals surface area contributed by atoms with Crippen molar-refractivity contribution in [2.45, 2.75) is 19.0 Å². The summed E-state index contributed by atoms with van der Waals surface area (Å²) in [5, 5.41) is 11.3. The molecule has 2 aliphatic heterocycles. The second-order valence-corrected chi connectivity index (χ2v) is 5.22. The predicted octanol–water partition coefficient (Wildman–Crippen LogP) is 0.830. The van der Waals surface area contributed by atoms with Crippen LogP contribution in [0.2, 0.25) is 0 Å². The Hall–Kier alpha value is -2.37. The highest BCUT2D eigenvalue weighted by atomic mass is 16.2. The molecule has 2 aliphatic rings. The van der Waals surface area contributed by atoms with Crippen LogP contribution in [0.15, 0.2) is 30.6 Å². The summed E-state index contributed by atoms with van der Waals surface area (Å²) in [7, 11) is 0. The zero-order valence-electron chi connectivity index (χ0n) is 11.0. The van der Waals surface area contributed by atoms with Crippen molar-refractivity contribution >= 4 is 11.6 Å². The van der Waals surface area contributed by atoms with E-state index in [4.69, 9.17) is 0 Å². The van der Waals surface area contributed by atoms with Crippen LogP contribution in [0.5, 0.6) is 0 Å². The third-order valence-electron chi connectivity index (χ3n) is 4.08. The van der Waals surface area contributed by atoms with E-state index in [2.05, 4.69) is 15.5 Å². The first kappa shape index (κ1) is 11.5. The Bertz CT molecular complexity index is 665. The van der Waals surface area contributed by atoms with E-state index in [1.54, 1.807) is 6.33 Å². The van der Waals surface area contributed by atoms with Gasteiger partial charge in [0.15, 0.2) is 5.82 Å². The molecule has 3 heterocycles. The number of anilines is 1. The Kier molecular flexibility index (Phi) is 2.48. The van der Waals surface area contributed by atoms with Gasteiger partial charge in [-0.2, -0.15) is 0 Å². The Balaban J connectivity index is 1.58. The van der Waals surface area contributed by atoms with Crippen molar-refractivity contribution in [2.24, 2.45) is 0 Å². The molecule has 6 nitrogen and oxygen atoms in total. The molecule has 6 heteroatoms. The molecule has 0 saturated carbocycles. The zero-order chi connectivity index (χ0) is 13.5. The standard InChI is InChI=1S/C14H15N5O/c20-14(11-7-15-12-4-2-1-3-10(11)12)18-5-6-19-9-16-17-13(19)8-18/h1-4,9,11,15H,5-8H2. The van der Waals surface area contributed by atoms with E-state index >= 15 is 0 Å². The number of carbonyl (C=O) groups excluding carboxylic acids is 1. The molecule has 1 aromatic heterocycles. The molecule has 0 saturated heterocycles. The maximum atomic E-state index is 12.7. The minimum atomic E-state index is -0.0827. The van der Waals surface area contributed by atoms with E-state index in [-0.39, 0.29) is 11.8 Å². The van der Waals surface area contributed by atoms with Crippen LogP contribution in [0.1, 0.15) is 17.3 Å². The van der Waals surface area contributed by atoms with E-state index in [1.807, 2.05) is 33.7 Å².